The van der Waals surface area contributed by atoms with E-state index in [1.54, 1.807) is 48.5 Å². The van der Waals surface area contributed by atoms with Crippen LogP contribution in [0.2, 0.25) is 0 Å². The number of amides is 2. The summed E-state index contributed by atoms with van der Waals surface area (Å²) in [6, 6.07) is 23.8. The molecule has 0 saturated carbocycles. The van der Waals surface area contributed by atoms with Gasteiger partial charge in [-0.25, -0.2) is 5.26 Å². The van der Waals surface area contributed by atoms with Crippen molar-refractivity contribution < 1.29 is 37.2 Å². The number of nitrogens with two attached hydrogens (primary N) is 1. The Morgan fingerprint density at radius 1 is 0.756 bits per heavy atom. The third-order valence-electron chi connectivity index (χ3n) is 6.14. The van der Waals surface area contributed by atoms with Gasteiger partial charge in [-0.1, -0.05) is 41.4 Å². The number of benzene rings is 5. The fraction of sp³-hybridized carbons (Fsp3) is 0. The van der Waals surface area contributed by atoms with Crippen LogP contribution in [0.4, 0.5) is 17.1 Å². The Bertz CT molecular complexity index is 1930. The van der Waals surface area contributed by atoms with E-state index in [1.807, 2.05) is 6.07 Å². The SMILES string of the molecule is Nc1cc(C(=O)Nc2cccc3cc(SOOO)ccc23)cc(C(=O)Nc2cccc3cc(S(=O)(=O)O)ccc23)c1. The predicted molar refractivity (Wildman–Crippen MR) is 155 cm³/mol. The number of anilines is 3. The van der Waals surface area contributed by atoms with Crippen molar-refractivity contribution in [2.24, 2.45) is 0 Å². The Labute approximate surface area is 237 Å². The van der Waals surface area contributed by atoms with Gasteiger partial charge in [-0.15, -0.1) is 4.33 Å². The summed E-state index contributed by atoms with van der Waals surface area (Å²) < 4.78 is 36.8. The van der Waals surface area contributed by atoms with Gasteiger partial charge in [-0.2, -0.15) is 8.42 Å². The molecule has 0 bridgehead atoms. The van der Waals surface area contributed by atoms with Crippen LogP contribution >= 0.6 is 12.0 Å². The summed E-state index contributed by atoms with van der Waals surface area (Å²) in [7, 11) is -4.39. The average molecular weight is 592 g/mol. The molecule has 13 heteroatoms. The molecular weight excluding hydrogens is 570 g/mol. The summed E-state index contributed by atoms with van der Waals surface area (Å²) in [4.78, 5) is 26.8. The summed E-state index contributed by atoms with van der Waals surface area (Å²) in [6.07, 6.45) is 0. The highest BCUT2D eigenvalue weighted by Gasteiger charge is 2.16. The number of rotatable bonds is 8. The molecule has 0 heterocycles. The van der Waals surface area contributed by atoms with Crippen molar-refractivity contribution in [1.29, 1.82) is 0 Å². The minimum atomic E-state index is -4.39. The zero-order valence-corrected chi connectivity index (χ0v) is 22.5. The molecule has 0 aromatic heterocycles. The van der Waals surface area contributed by atoms with Crippen LogP contribution in [0.1, 0.15) is 20.7 Å². The Balaban J connectivity index is 1.39. The molecule has 0 aliphatic heterocycles. The molecular formula is C28H21N3O8S2. The zero-order valence-electron chi connectivity index (χ0n) is 20.9. The Morgan fingerprint density at radius 3 is 1.88 bits per heavy atom. The Kier molecular flexibility index (Phi) is 7.90. The van der Waals surface area contributed by atoms with Crippen LogP contribution < -0.4 is 16.4 Å². The van der Waals surface area contributed by atoms with Gasteiger partial charge >= 0.3 is 0 Å². The van der Waals surface area contributed by atoms with E-state index in [0.29, 0.717) is 27.0 Å². The first-order valence-electron chi connectivity index (χ1n) is 11.8. The molecule has 0 fully saturated rings. The first-order chi connectivity index (χ1) is 19.6. The van der Waals surface area contributed by atoms with E-state index in [2.05, 4.69) is 20.0 Å². The van der Waals surface area contributed by atoms with Crippen LogP contribution in [0.15, 0.2) is 101 Å². The summed E-state index contributed by atoms with van der Waals surface area (Å²) in [6.45, 7) is 0. The second kappa shape index (κ2) is 11.5. The fourth-order valence-electron chi connectivity index (χ4n) is 4.31. The lowest BCUT2D eigenvalue weighted by Gasteiger charge is -2.12. The summed E-state index contributed by atoms with van der Waals surface area (Å²) in [5, 5.41) is 20.2. The van der Waals surface area contributed by atoms with Crippen molar-refractivity contribution in [3.05, 3.63) is 102 Å². The highest BCUT2D eigenvalue weighted by atomic mass is 32.2. The van der Waals surface area contributed by atoms with Crippen LogP contribution in [0, 0.1) is 0 Å². The molecule has 2 amide bonds. The number of hydrogen-bond acceptors (Lipinski definition) is 9. The normalized spacial score (nSPS) is 11.5. The minimum Gasteiger partial charge on any atom is -0.399 e. The van der Waals surface area contributed by atoms with Crippen LogP contribution in [0.25, 0.3) is 21.5 Å². The van der Waals surface area contributed by atoms with E-state index in [4.69, 9.17) is 11.0 Å². The molecule has 0 aliphatic carbocycles. The number of nitrogens with one attached hydrogen (secondary N) is 2. The Morgan fingerprint density at radius 2 is 1.32 bits per heavy atom. The lowest BCUT2D eigenvalue weighted by Crippen LogP contribution is -2.16. The number of carbonyl (C=O) groups is 2. The lowest BCUT2D eigenvalue weighted by atomic mass is 10.1. The first-order valence-corrected chi connectivity index (χ1v) is 14.0. The van der Waals surface area contributed by atoms with Gasteiger partial charge in [0.05, 0.1) is 16.9 Å². The van der Waals surface area contributed by atoms with E-state index in [9.17, 15) is 22.6 Å². The summed E-state index contributed by atoms with van der Waals surface area (Å²) >= 11 is 0.815. The first kappa shape index (κ1) is 28.0. The highest BCUT2D eigenvalue weighted by molar-refractivity contribution is 7.94. The highest BCUT2D eigenvalue weighted by Crippen LogP contribution is 2.30. The van der Waals surface area contributed by atoms with Crippen LogP contribution in [-0.4, -0.2) is 30.0 Å². The van der Waals surface area contributed by atoms with Gasteiger partial charge in [0.2, 0.25) is 0 Å². The largest absolute Gasteiger partial charge is 0.399 e. The monoisotopic (exact) mass is 591 g/mol. The van der Waals surface area contributed by atoms with Crippen molar-refractivity contribution in [2.45, 2.75) is 9.79 Å². The minimum absolute atomic E-state index is 0.132. The van der Waals surface area contributed by atoms with Crippen molar-refractivity contribution in [1.82, 2.24) is 0 Å². The van der Waals surface area contributed by atoms with Gasteiger partial charge in [0.25, 0.3) is 21.9 Å². The number of carbonyl (C=O) groups excluding carboxylic acids is 2. The van der Waals surface area contributed by atoms with Crippen LogP contribution in [0.3, 0.4) is 0 Å². The van der Waals surface area contributed by atoms with E-state index in [1.165, 1.54) is 36.4 Å². The second-order valence-corrected chi connectivity index (χ2v) is 11.0. The van der Waals surface area contributed by atoms with E-state index < -0.39 is 21.9 Å². The molecule has 6 N–H and O–H groups in total. The number of fused-ring (bicyclic) bond motifs is 2. The molecule has 0 atom stereocenters. The van der Waals surface area contributed by atoms with Crippen LogP contribution in [-0.2, 0) is 19.5 Å². The zero-order chi connectivity index (χ0) is 29.1. The number of nitrogen functional groups attached to an aromatic ring is 1. The van der Waals surface area contributed by atoms with Gasteiger partial charge in [-0.3, -0.25) is 14.1 Å². The van der Waals surface area contributed by atoms with Gasteiger partial charge in [0, 0.05) is 43.9 Å². The average Bonchev–Trinajstić information content (AvgIpc) is 2.95. The molecule has 0 unspecified atom stereocenters. The molecule has 0 aliphatic rings. The maximum Gasteiger partial charge on any atom is 0.294 e. The molecule has 0 radical (unpaired) electrons. The summed E-state index contributed by atoms with van der Waals surface area (Å²) in [5.41, 5.74) is 7.44. The van der Waals surface area contributed by atoms with Crippen molar-refractivity contribution in [3.63, 3.8) is 0 Å². The van der Waals surface area contributed by atoms with Crippen molar-refractivity contribution in [3.8, 4) is 0 Å². The standard InChI is InChI=1S/C28H21N3O8S2/c29-20-12-18(27(32)30-25-5-1-3-16-14-21(40-39-38-34)7-9-23(16)25)11-19(13-20)28(33)31-26-6-2-4-17-15-22(41(35,36)37)8-10-24(17)26/h1-15,34H,29H2,(H,30,32)(H,31,33)(H,35,36,37). The topological polar surface area (TPSA) is 177 Å². The lowest BCUT2D eigenvalue weighted by molar-refractivity contribution is -0.432. The number of hydrogen-bond donors (Lipinski definition) is 5. The predicted octanol–water partition coefficient (Wildman–Crippen LogP) is 5.75. The molecule has 5 rings (SSSR count). The maximum absolute atomic E-state index is 13.2. The third-order valence-corrected chi connectivity index (χ3v) is 7.56. The van der Waals surface area contributed by atoms with Crippen LogP contribution in [0.5, 0.6) is 0 Å². The molecule has 41 heavy (non-hydrogen) atoms. The van der Waals surface area contributed by atoms with Gasteiger partial charge in [-0.05, 0) is 65.4 Å². The van der Waals surface area contributed by atoms with Crippen molar-refractivity contribution in [2.75, 3.05) is 16.4 Å². The third kappa shape index (κ3) is 6.30. The molecule has 11 nitrogen and oxygen atoms in total. The Hall–Kier alpha value is -4.50. The maximum atomic E-state index is 13.2. The fourth-order valence-corrected chi connectivity index (χ4v) is 5.23. The molecule has 0 spiro atoms. The van der Waals surface area contributed by atoms with Gasteiger partial charge in [0.1, 0.15) is 0 Å². The van der Waals surface area contributed by atoms with Gasteiger partial charge < -0.3 is 16.4 Å². The van der Waals surface area contributed by atoms with E-state index in [-0.39, 0.29) is 21.7 Å². The van der Waals surface area contributed by atoms with E-state index in [0.717, 1.165) is 22.8 Å². The smallest absolute Gasteiger partial charge is 0.294 e. The molecule has 208 valence electrons. The second-order valence-electron chi connectivity index (χ2n) is 8.83. The van der Waals surface area contributed by atoms with Gasteiger partial charge in [0.15, 0.2) is 0 Å². The van der Waals surface area contributed by atoms with E-state index >= 15 is 0 Å². The molecule has 5 aromatic rings. The molecule has 5 aromatic carbocycles. The quantitative estimate of drug-likeness (QED) is 0.0490. The summed E-state index contributed by atoms with van der Waals surface area (Å²) in [5.74, 6) is -1.03. The van der Waals surface area contributed by atoms with Crippen molar-refractivity contribution >= 4 is 72.6 Å². The molecule has 0 saturated heterocycles.